The minimum Gasteiger partial charge on any atom is -0.493 e. The van der Waals surface area contributed by atoms with Gasteiger partial charge in [0, 0.05) is 20.1 Å². The van der Waals surface area contributed by atoms with Crippen LogP contribution in [0, 0.1) is 0 Å². The molecule has 0 heterocycles. The number of hydrogen-bond donors (Lipinski definition) is 1. The van der Waals surface area contributed by atoms with Gasteiger partial charge in [-0.05, 0) is 59.7 Å². The van der Waals surface area contributed by atoms with Crippen molar-refractivity contribution in [2.45, 2.75) is 13.2 Å². The number of carbonyl (C=O) groups is 1. The van der Waals surface area contributed by atoms with E-state index in [1.165, 1.54) is 7.11 Å². The van der Waals surface area contributed by atoms with Gasteiger partial charge in [-0.2, -0.15) is 5.10 Å². The molecule has 0 bridgehead atoms. The fourth-order valence-corrected chi connectivity index (χ4v) is 4.02. The van der Waals surface area contributed by atoms with E-state index in [1.54, 1.807) is 24.4 Å². The fourth-order valence-electron chi connectivity index (χ4n) is 3.38. The third kappa shape index (κ3) is 7.68. The minimum atomic E-state index is -0.378. The first-order valence-corrected chi connectivity index (χ1v) is 13.0. The van der Waals surface area contributed by atoms with Gasteiger partial charge >= 0.3 is 0 Å². The van der Waals surface area contributed by atoms with Crippen LogP contribution in [0.25, 0.3) is 0 Å². The summed E-state index contributed by atoms with van der Waals surface area (Å²) >= 11 is 6.91. The third-order valence-corrected chi connectivity index (χ3v) is 6.33. The number of benzene rings is 4. The Labute approximate surface area is 232 Å². The Hall–Kier alpha value is -3.62. The molecule has 0 saturated carbocycles. The van der Waals surface area contributed by atoms with Crippen molar-refractivity contribution in [2.24, 2.45) is 5.10 Å². The minimum absolute atomic E-state index is 0.378. The monoisotopic (exact) mass is 622 g/mol. The number of nitrogens with one attached hydrogen (secondary N) is 1. The molecule has 0 saturated heterocycles. The zero-order valence-corrected chi connectivity index (χ0v) is 23.2. The molecule has 0 atom stereocenters. The van der Waals surface area contributed by atoms with Crippen molar-refractivity contribution in [3.63, 3.8) is 0 Å². The molecule has 1 amide bonds. The van der Waals surface area contributed by atoms with Crippen LogP contribution in [0.1, 0.15) is 27.0 Å². The first-order valence-electron chi connectivity index (χ1n) is 11.4. The number of amides is 1. The van der Waals surface area contributed by atoms with Gasteiger partial charge in [0.1, 0.15) is 19.0 Å². The number of carbonyl (C=O) groups excluding carboxylic acids is 1. The normalized spacial score (nSPS) is 10.8. The van der Waals surface area contributed by atoms with Gasteiger partial charge in [-0.25, -0.2) is 5.43 Å². The Balaban J connectivity index is 1.39. The molecule has 8 heteroatoms. The fraction of sp³-hybridized carbons (Fsp3) is 0.103. The molecule has 1 N–H and O–H groups in total. The van der Waals surface area contributed by atoms with E-state index < -0.39 is 0 Å². The molecule has 0 aliphatic heterocycles. The number of ether oxygens (including phenoxy) is 3. The van der Waals surface area contributed by atoms with E-state index >= 15 is 0 Å². The van der Waals surface area contributed by atoms with Crippen molar-refractivity contribution in [1.29, 1.82) is 0 Å². The number of halogens is 2. The van der Waals surface area contributed by atoms with Gasteiger partial charge in [-0.1, -0.05) is 74.3 Å². The van der Waals surface area contributed by atoms with E-state index in [2.05, 4.69) is 42.4 Å². The molecule has 4 rings (SSSR count). The smallest absolute Gasteiger partial charge is 0.271 e. The van der Waals surface area contributed by atoms with E-state index in [9.17, 15) is 4.79 Å². The standard InChI is InChI=1S/C29H24Br2N2O4/c1-35-28-16-22(9-13-27(28)37-18-20-5-3-2-4-6-20)29(34)33-32-17-23-15-25(31)12-14-26(23)36-19-21-7-10-24(30)11-8-21/h2-17H,18-19H2,1H3,(H,33,34)/b32-17+. The van der Waals surface area contributed by atoms with E-state index in [0.717, 1.165) is 20.1 Å². The molecule has 0 aromatic heterocycles. The second kappa shape index (κ2) is 13.1. The zero-order chi connectivity index (χ0) is 26.0. The lowest BCUT2D eigenvalue weighted by Gasteiger charge is -2.12. The first-order chi connectivity index (χ1) is 18.0. The van der Waals surface area contributed by atoms with Crippen LogP contribution in [0.2, 0.25) is 0 Å². The van der Waals surface area contributed by atoms with Crippen LogP contribution in [0.3, 0.4) is 0 Å². The molecule has 4 aromatic carbocycles. The summed E-state index contributed by atoms with van der Waals surface area (Å²) in [5.41, 5.74) is 5.74. The van der Waals surface area contributed by atoms with E-state index in [-0.39, 0.29) is 5.91 Å². The number of hydrogen-bond acceptors (Lipinski definition) is 5. The van der Waals surface area contributed by atoms with Crippen molar-refractivity contribution in [3.05, 3.63) is 122 Å². The van der Waals surface area contributed by atoms with Gasteiger partial charge < -0.3 is 14.2 Å². The molecule has 0 fully saturated rings. The summed E-state index contributed by atoms with van der Waals surface area (Å²) in [6.45, 7) is 0.798. The average Bonchev–Trinajstić information content (AvgIpc) is 2.92. The lowest BCUT2D eigenvalue weighted by Crippen LogP contribution is -2.17. The molecular formula is C29H24Br2N2O4. The number of hydrazone groups is 1. The lowest BCUT2D eigenvalue weighted by atomic mass is 10.2. The second-order valence-corrected chi connectivity index (χ2v) is 9.77. The van der Waals surface area contributed by atoms with Crippen molar-refractivity contribution < 1.29 is 19.0 Å². The van der Waals surface area contributed by atoms with Gasteiger partial charge in [-0.3, -0.25) is 4.79 Å². The predicted octanol–water partition coefficient (Wildman–Crippen LogP) is 7.14. The molecule has 0 spiro atoms. The van der Waals surface area contributed by atoms with Crippen molar-refractivity contribution in [1.82, 2.24) is 5.43 Å². The average molecular weight is 624 g/mol. The Morgan fingerprint density at radius 1 is 0.784 bits per heavy atom. The van der Waals surface area contributed by atoms with Crippen LogP contribution in [-0.4, -0.2) is 19.2 Å². The Bertz CT molecular complexity index is 1380. The summed E-state index contributed by atoms with van der Waals surface area (Å²) in [6, 6.07) is 28.3. The molecule has 37 heavy (non-hydrogen) atoms. The van der Waals surface area contributed by atoms with Crippen molar-refractivity contribution >= 4 is 44.0 Å². The zero-order valence-electron chi connectivity index (χ0n) is 20.0. The highest BCUT2D eigenvalue weighted by Crippen LogP contribution is 2.29. The van der Waals surface area contributed by atoms with Crippen molar-refractivity contribution in [3.8, 4) is 17.2 Å². The van der Waals surface area contributed by atoms with Crippen LogP contribution in [0.5, 0.6) is 17.2 Å². The van der Waals surface area contributed by atoms with Crippen molar-refractivity contribution in [2.75, 3.05) is 7.11 Å². The largest absolute Gasteiger partial charge is 0.493 e. The Morgan fingerprint density at radius 3 is 2.16 bits per heavy atom. The van der Waals surface area contributed by atoms with Gasteiger partial charge in [-0.15, -0.1) is 0 Å². The lowest BCUT2D eigenvalue weighted by molar-refractivity contribution is 0.0954. The topological polar surface area (TPSA) is 69.2 Å². The first kappa shape index (κ1) is 26.4. The molecule has 0 aliphatic rings. The van der Waals surface area contributed by atoms with Crippen LogP contribution >= 0.6 is 31.9 Å². The number of methoxy groups -OCH3 is 1. The highest BCUT2D eigenvalue weighted by atomic mass is 79.9. The highest BCUT2D eigenvalue weighted by Gasteiger charge is 2.11. The molecule has 0 radical (unpaired) electrons. The maximum absolute atomic E-state index is 12.7. The van der Waals surface area contributed by atoms with E-state index in [0.29, 0.717) is 41.6 Å². The highest BCUT2D eigenvalue weighted by molar-refractivity contribution is 9.10. The summed E-state index contributed by atoms with van der Waals surface area (Å²) in [5.74, 6) is 1.28. The van der Waals surface area contributed by atoms with Gasteiger partial charge in [0.2, 0.25) is 0 Å². The molecule has 0 aliphatic carbocycles. The van der Waals surface area contributed by atoms with Gasteiger partial charge in [0.25, 0.3) is 5.91 Å². The Morgan fingerprint density at radius 2 is 1.43 bits per heavy atom. The summed E-state index contributed by atoms with van der Waals surface area (Å²) in [5, 5.41) is 4.14. The third-order valence-electron chi connectivity index (χ3n) is 5.31. The molecule has 6 nitrogen and oxygen atoms in total. The summed E-state index contributed by atoms with van der Waals surface area (Å²) < 4.78 is 19.2. The molecule has 0 unspecified atom stereocenters. The Kier molecular flexibility index (Phi) is 9.35. The summed E-state index contributed by atoms with van der Waals surface area (Å²) in [6.07, 6.45) is 1.55. The van der Waals surface area contributed by atoms with E-state index in [4.69, 9.17) is 14.2 Å². The summed E-state index contributed by atoms with van der Waals surface area (Å²) in [7, 11) is 1.54. The van der Waals surface area contributed by atoms with Crippen LogP contribution in [0.15, 0.2) is 105 Å². The van der Waals surface area contributed by atoms with Crippen LogP contribution in [0.4, 0.5) is 0 Å². The number of rotatable bonds is 10. The second-order valence-electron chi connectivity index (χ2n) is 7.94. The maximum atomic E-state index is 12.7. The molecular weight excluding hydrogens is 600 g/mol. The van der Waals surface area contributed by atoms with Gasteiger partial charge in [0.15, 0.2) is 11.5 Å². The molecule has 188 valence electrons. The van der Waals surface area contributed by atoms with Crippen LogP contribution < -0.4 is 19.6 Å². The molecule has 4 aromatic rings. The summed E-state index contributed by atoms with van der Waals surface area (Å²) in [4.78, 5) is 12.7. The van der Waals surface area contributed by atoms with Crippen LogP contribution in [-0.2, 0) is 13.2 Å². The quantitative estimate of drug-likeness (QED) is 0.151. The number of nitrogens with zero attached hydrogens (tertiary/aromatic N) is 1. The SMILES string of the molecule is COc1cc(C(=O)N/N=C/c2cc(Br)ccc2OCc2ccc(Br)cc2)ccc1OCc1ccccc1. The van der Waals surface area contributed by atoms with E-state index in [1.807, 2.05) is 72.8 Å². The van der Waals surface area contributed by atoms with Gasteiger partial charge in [0.05, 0.1) is 13.3 Å². The maximum Gasteiger partial charge on any atom is 0.271 e. The predicted molar refractivity (Wildman–Crippen MR) is 151 cm³/mol.